The molecule has 3 rings (SSSR count). The zero-order valence-electron chi connectivity index (χ0n) is 14.8. The summed E-state index contributed by atoms with van der Waals surface area (Å²) in [6.07, 6.45) is 0. The lowest BCUT2D eigenvalue weighted by Gasteiger charge is -2.19. The van der Waals surface area contributed by atoms with Crippen molar-refractivity contribution in [3.63, 3.8) is 0 Å². The van der Waals surface area contributed by atoms with E-state index >= 15 is 0 Å². The Morgan fingerprint density at radius 2 is 1.81 bits per heavy atom. The summed E-state index contributed by atoms with van der Waals surface area (Å²) in [6, 6.07) is 10.7. The van der Waals surface area contributed by atoms with Crippen LogP contribution in [0.5, 0.6) is 5.75 Å². The molecular weight excluding hydrogens is 373 g/mol. The highest BCUT2D eigenvalue weighted by Gasteiger charge is 2.12. The molecule has 0 amide bonds. The molecule has 136 valence electrons. The number of rotatable bonds is 5. The van der Waals surface area contributed by atoms with Crippen LogP contribution in [0.3, 0.4) is 0 Å². The molecule has 0 saturated carbocycles. The van der Waals surface area contributed by atoms with Crippen LogP contribution < -0.4 is 10.4 Å². The molecule has 3 aromatic rings. The number of methoxy groups -OCH3 is 1. The van der Waals surface area contributed by atoms with Crippen molar-refractivity contribution in [3.8, 4) is 5.75 Å². The van der Waals surface area contributed by atoms with Crippen molar-refractivity contribution in [2.75, 3.05) is 14.2 Å². The van der Waals surface area contributed by atoms with E-state index in [-0.39, 0.29) is 5.63 Å². The summed E-state index contributed by atoms with van der Waals surface area (Å²) in [5.74, 6) is 0.775. The van der Waals surface area contributed by atoms with Gasteiger partial charge in [-0.3, -0.25) is 4.90 Å². The zero-order valence-corrected chi connectivity index (χ0v) is 16.3. The van der Waals surface area contributed by atoms with Crippen molar-refractivity contribution < 1.29 is 9.15 Å². The van der Waals surface area contributed by atoms with E-state index in [1.54, 1.807) is 19.2 Å². The number of hydrogen-bond acceptors (Lipinski definition) is 4. The number of aryl methyl sites for hydroxylation is 1. The molecule has 0 aliphatic rings. The van der Waals surface area contributed by atoms with Gasteiger partial charge in [0, 0.05) is 40.2 Å². The van der Waals surface area contributed by atoms with E-state index in [0.717, 1.165) is 27.8 Å². The van der Waals surface area contributed by atoms with Crippen molar-refractivity contribution in [1.29, 1.82) is 0 Å². The minimum Gasteiger partial charge on any atom is -0.496 e. The first kappa shape index (κ1) is 18.8. The van der Waals surface area contributed by atoms with E-state index in [2.05, 4.69) is 4.90 Å². The Kier molecular flexibility index (Phi) is 5.56. The van der Waals surface area contributed by atoms with Crippen molar-refractivity contribution in [3.05, 3.63) is 73.6 Å². The first-order chi connectivity index (χ1) is 12.4. The van der Waals surface area contributed by atoms with Gasteiger partial charge in [-0.1, -0.05) is 23.2 Å². The van der Waals surface area contributed by atoms with Crippen LogP contribution in [0.2, 0.25) is 10.0 Å². The molecular formula is C20H19Cl2NO3. The van der Waals surface area contributed by atoms with Gasteiger partial charge in [0.05, 0.1) is 7.11 Å². The second-order valence-corrected chi connectivity index (χ2v) is 7.16. The third-order valence-corrected chi connectivity index (χ3v) is 4.87. The molecule has 0 spiro atoms. The molecule has 0 atom stereocenters. The van der Waals surface area contributed by atoms with Crippen LogP contribution in [0.25, 0.3) is 11.0 Å². The first-order valence-electron chi connectivity index (χ1n) is 8.11. The summed E-state index contributed by atoms with van der Waals surface area (Å²) in [5.41, 5.74) is 2.88. The predicted molar refractivity (Wildman–Crippen MR) is 105 cm³/mol. The fourth-order valence-electron chi connectivity index (χ4n) is 2.99. The summed E-state index contributed by atoms with van der Waals surface area (Å²) in [5, 5.41) is 2.14. The maximum Gasteiger partial charge on any atom is 0.336 e. The average molecular weight is 392 g/mol. The van der Waals surface area contributed by atoms with Crippen molar-refractivity contribution in [2.45, 2.75) is 20.0 Å². The number of benzene rings is 2. The fourth-order valence-corrected chi connectivity index (χ4v) is 3.35. The molecule has 0 fully saturated rings. The molecule has 2 aromatic carbocycles. The molecule has 0 N–H and O–H groups in total. The normalized spacial score (nSPS) is 11.3. The lowest BCUT2D eigenvalue weighted by atomic mass is 10.1. The van der Waals surface area contributed by atoms with Gasteiger partial charge in [0.25, 0.3) is 0 Å². The molecule has 6 heteroatoms. The molecule has 26 heavy (non-hydrogen) atoms. The monoisotopic (exact) mass is 391 g/mol. The molecule has 0 radical (unpaired) electrons. The topological polar surface area (TPSA) is 42.7 Å². The summed E-state index contributed by atoms with van der Waals surface area (Å²) in [4.78, 5) is 14.0. The van der Waals surface area contributed by atoms with Crippen molar-refractivity contribution in [2.24, 2.45) is 0 Å². The standard InChI is InChI=1S/C20H19Cl2NO3/c1-12-6-19-16(9-17(12)22)13(8-20(24)26-19)10-23(2)11-14-7-15(21)4-5-18(14)25-3/h4-9H,10-11H2,1-3H3. The van der Waals surface area contributed by atoms with E-state index in [4.69, 9.17) is 32.4 Å². The van der Waals surface area contributed by atoms with Crippen molar-refractivity contribution in [1.82, 2.24) is 4.90 Å². The molecule has 0 aliphatic heterocycles. The van der Waals surface area contributed by atoms with Gasteiger partial charge in [0.2, 0.25) is 0 Å². The highest BCUT2D eigenvalue weighted by atomic mass is 35.5. The Hall–Kier alpha value is -2.01. The maximum atomic E-state index is 11.9. The number of nitrogens with zero attached hydrogens (tertiary/aromatic N) is 1. The number of fused-ring (bicyclic) bond motifs is 1. The SMILES string of the molecule is COc1ccc(Cl)cc1CN(C)Cc1cc(=O)oc2cc(C)c(Cl)cc12. The van der Waals surface area contributed by atoms with Gasteiger partial charge >= 0.3 is 5.63 Å². The van der Waals surface area contributed by atoms with Gasteiger partial charge in [0.15, 0.2) is 0 Å². The summed E-state index contributed by atoms with van der Waals surface area (Å²) in [7, 11) is 3.60. The molecule has 0 bridgehead atoms. The largest absolute Gasteiger partial charge is 0.496 e. The first-order valence-corrected chi connectivity index (χ1v) is 8.87. The number of halogens is 2. The third kappa shape index (κ3) is 4.04. The molecule has 1 aromatic heterocycles. The quantitative estimate of drug-likeness (QED) is 0.570. The maximum absolute atomic E-state index is 11.9. The third-order valence-electron chi connectivity index (χ3n) is 4.23. The van der Waals surface area contributed by atoms with Crippen LogP contribution in [-0.2, 0) is 13.1 Å². The van der Waals surface area contributed by atoms with E-state index < -0.39 is 0 Å². The van der Waals surface area contributed by atoms with Gasteiger partial charge in [-0.15, -0.1) is 0 Å². The molecule has 0 aliphatic carbocycles. The van der Waals surface area contributed by atoms with Gasteiger partial charge in [-0.25, -0.2) is 4.79 Å². The second-order valence-electron chi connectivity index (χ2n) is 6.32. The summed E-state index contributed by atoms with van der Waals surface area (Å²) in [6.45, 7) is 3.05. The van der Waals surface area contributed by atoms with E-state index in [1.807, 2.05) is 32.2 Å². The minimum atomic E-state index is -0.372. The lowest BCUT2D eigenvalue weighted by molar-refractivity contribution is 0.310. The Bertz CT molecular complexity index is 1010. The molecule has 0 unspecified atom stereocenters. The van der Waals surface area contributed by atoms with Crippen LogP contribution in [-0.4, -0.2) is 19.1 Å². The minimum absolute atomic E-state index is 0.372. The molecule has 4 nitrogen and oxygen atoms in total. The number of hydrogen-bond donors (Lipinski definition) is 0. The van der Waals surface area contributed by atoms with Gasteiger partial charge in [0.1, 0.15) is 11.3 Å². The molecule has 1 heterocycles. The van der Waals surface area contributed by atoms with E-state index in [9.17, 15) is 4.79 Å². The van der Waals surface area contributed by atoms with Gasteiger partial charge in [-0.05, 0) is 55.4 Å². The fraction of sp³-hybridized carbons (Fsp3) is 0.250. The van der Waals surface area contributed by atoms with Crippen LogP contribution in [0.1, 0.15) is 16.7 Å². The van der Waals surface area contributed by atoms with Crippen LogP contribution in [0, 0.1) is 6.92 Å². The van der Waals surface area contributed by atoms with Crippen LogP contribution in [0.15, 0.2) is 45.6 Å². The van der Waals surface area contributed by atoms with Gasteiger partial charge < -0.3 is 9.15 Å². The lowest BCUT2D eigenvalue weighted by Crippen LogP contribution is -2.19. The number of ether oxygens (including phenoxy) is 1. The summed E-state index contributed by atoms with van der Waals surface area (Å²) < 4.78 is 10.7. The Morgan fingerprint density at radius 3 is 2.54 bits per heavy atom. The van der Waals surface area contributed by atoms with Crippen LogP contribution >= 0.6 is 23.2 Å². The predicted octanol–water partition coefficient (Wildman–Crippen LogP) is 5.05. The van der Waals surface area contributed by atoms with E-state index in [0.29, 0.717) is 28.7 Å². The Labute approximate surface area is 161 Å². The average Bonchev–Trinajstić information content (AvgIpc) is 2.57. The highest BCUT2D eigenvalue weighted by Crippen LogP contribution is 2.27. The highest BCUT2D eigenvalue weighted by molar-refractivity contribution is 6.32. The summed E-state index contributed by atoms with van der Waals surface area (Å²) >= 11 is 12.4. The second kappa shape index (κ2) is 7.70. The van der Waals surface area contributed by atoms with E-state index in [1.165, 1.54) is 6.07 Å². The van der Waals surface area contributed by atoms with Gasteiger partial charge in [-0.2, -0.15) is 0 Å². The molecule has 0 saturated heterocycles. The Morgan fingerprint density at radius 1 is 1.08 bits per heavy atom. The van der Waals surface area contributed by atoms with Crippen LogP contribution in [0.4, 0.5) is 0 Å². The smallest absolute Gasteiger partial charge is 0.336 e. The zero-order chi connectivity index (χ0) is 18.8. The van der Waals surface area contributed by atoms with Crippen molar-refractivity contribution >= 4 is 34.2 Å². The Balaban J connectivity index is 1.92.